The molecule has 10 heteroatoms. The normalized spacial score (nSPS) is 13.2. The molecule has 0 bridgehead atoms. The van der Waals surface area contributed by atoms with Gasteiger partial charge in [0.25, 0.3) is 0 Å². The summed E-state index contributed by atoms with van der Waals surface area (Å²) >= 11 is 0. The number of hydrogen-bond acceptors (Lipinski definition) is 7. The predicted octanol–water partition coefficient (Wildman–Crippen LogP) is 5.14. The lowest BCUT2D eigenvalue weighted by Crippen LogP contribution is -2.44. The summed E-state index contributed by atoms with van der Waals surface area (Å²) in [7, 11) is 2.14. The Morgan fingerprint density at radius 1 is 0.905 bits per heavy atom. The van der Waals surface area contributed by atoms with Crippen molar-refractivity contribution in [2.24, 2.45) is 0 Å². The maximum Gasteiger partial charge on any atom is 0.327 e. The van der Waals surface area contributed by atoms with Crippen molar-refractivity contribution in [2.45, 2.75) is 6.54 Å². The van der Waals surface area contributed by atoms with Gasteiger partial charge in [-0.15, -0.1) is 0 Å². The Morgan fingerprint density at radius 2 is 1.67 bits per heavy atom. The van der Waals surface area contributed by atoms with E-state index in [4.69, 9.17) is 0 Å². The van der Waals surface area contributed by atoms with Crippen LogP contribution in [0.1, 0.15) is 5.56 Å². The van der Waals surface area contributed by atoms with E-state index in [0.717, 1.165) is 37.4 Å². The van der Waals surface area contributed by atoms with E-state index in [0.29, 0.717) is 29.6 Å². The van der Waals surface area contributed by atoms with Crippen LogP contribution in [0.2, 0.25) is 0 Å². The molecule has 5 rings (SSSR count). The van der Waals surface area contributed by atoms with E-state index in [1.807, 2.05) is 42.5 Å². The highest BCUT2D eigenvalue weighted by Gasteiger charge is 2.21. The van der Waals surface area contributed by atoms with E-state index in [9.17, 15) is 9.59 Å². The van der Waals surface area contributed by atoms with Crippen molar-refractivity contribution >= 4 is 46.3 Å². The first-order chi connectivity index (χ1) is 20.5. The van der Waals surface area contributed by atoms with Crippen molar-refractivity contribution in [3.05, 3.63) is 109 Å². The van der Waals surface area contributed by atoms with E-state index in [1.165, 1.54) is 23.0 Å². The monoisotopic (exact) mass is 562 g/mol. The van der Waals surface area contributed by atoms with Gasteiger partial charge in [0.2, 0.25) is 5.91 Å². The van der Waals surface area contributed by atoms with E-state index in [1.54, 1.807) is 30.3 Å². The van der Waals surface area contributed by atoms with Gasteiger partial charge >= 0.3 is 6.03 Å². The average Bonchev–Trinajstić information content (AvgIpc) is 3.02. The summed E-state index contributed by atoms with van der Waals surface area (Å²) < 4.78 is 0. The summed E-state index contributed by atoms with van der Waals surface area (Å²) in [5, 5.41) is 9.04. The Labute approximate surface area is 245 Å². The molecule has 10 nitrogen and oxygen atoms in total. The molecule has 0 spiro atoms. The number of carbonyl (C=O) groups is 2. The fourth-order valence-electron chi connectivity index (χ4n) is 4.63. The molecule has 2 heterocycles. The van der Waals surface area contributed by atoms with Crippen molar-refractivity contribution in [2.75, 3.05) is 53.7 Å². The number of nitrogens with one attached hydrogen (secondary N) is 3. The van der Waals surface area contributed by atoms with Gasteiger partial charge in [-0.25, -0.2) is 19.7 Å². The molecule has 1 aliphatic heterocycles. The predicted molar refractivity (Wildman–Crippen MR) is 168 cm³/mol. The number of carbonyl (C=O) groups excluding carboxylic acids is 2. The first kappa shape index (κ1) is 28.3. The van der Waals surface area contributed by atoms with Gasteiger partial charge in [-0.2, -0.15) is 0 Å². The van der Waals surface area contributed by atoms with Gasteiger partial charge in [0.15, 0.2) is 0 Å². The molecule has 1 saturated heterocycles. The van der Waals surface area contributed by atoms with Crippen LogP contribution in [0.3, 0.4) is 0 Å². The molecular formula is C32H34N8O2. The number of likely N-dealkylation sites (N-methyl/N-ethyl adjacent to an activating group) is 1. The number of hydrogen-bond donors (Lipinski definition) is 3. The second kappa shape index (κ2) is 13.4. The molecule has 1 aromatic heterocycles. The third-order valence-electron chi connectivity index (χ3n) is 6.94. The fraction of sp³-hybridized carbons (Fsp3) is 0.188. The molecular weight excluding hydrogens is 528 g/mol. The highest BCUT2D eigenvalue weighted by atomic mass is 16.2. The van der Waals surface area contributed by atoms with E-state index in [2.05, 4.69) is 61.5 Å². The van der Waals surface area contributed by atoms with Gasteiger partial charge in [-0.1, -0.05) is 43.0 Å². The number of rotatable bonds is 9. The number of urea groups is 1. The summed E-state index contributed by atoms with van der Waals surface area (Å²) in [6.45, 7) is 7.92. The maximum atomic E-state index is 13.6. The Balaban J connectivity index is 1.38. The molecule has 3 N–H and O–H groups in total. The molecule has 42 heavy (non-hydrogen) atoms. The van der Waals surface area contributed by atoms with Gasteiger partial charge < -0.3 is 25.8 Å². The summed E-state index contributed by atoms with van der Waals surface area (Å²) in [6, 6.07) is 26.2. The van der Waals surface area contributed by atoms with Crippen molar-refractivity contribution in [1.29, 1.82) is 0 Å². The minimum Gasteiger partial charge on any atom is -0.369 e. The first-order valence-electron chi connectivity index (χ1n) is 13.8. The molecule has 0 aliphatic carbocycles. The molecule has 4 aromatic rings. The number of nitrogens with zero attached hydrogens (tertiary/aromatic N) is 5. The van der Waals surface area contributed by atoms with Crippen LogP contribution < -0.4 is 25.8 Å². The van der Waals surface area contributed by atoms with Crippen molar-refractivity contribution in [3.63, 3.8) is 0 Å². The SMILES string of the molecule is C=CC(=O)Nc1cccc(N(C(=O)NCc2ccccc2)c2cc(Nc3ccc(N4CCN(C)CC4)cc3)ncn2)c1. The van der Waals surface area contributed by atoms with E-state index < -0.39 is 0 Å². The quantitative estimate of drug-likeness (QED) is 0.243. The molecule has 3 aromatic carbocycles. The van der Waals surface area contributed by atoms with Gasteiger partial charge in [0.05, 0.1) is 5.69 Å². The lowest BCUT2D eigenvalue weighted by atomic mass is 10.2. The Bertz CT molecular complexity index is 1520. The van der Waals surface area contributed by atoms with Crippen LogP contribution in [-0.4, -0.2) is 60.0 Å². The number of anilines is 6. The van der Waals surface area contributed by atoms with Crippen LogP contribution in [0.4, 0.5) is 39.2 Å². The van der Waals surface area contributed by atoms with Crippen molar-refractivity contribution < 1.29 is 9.59 Å². The molecule has 0 atom stereocenters. The molecule has 1 fully saturated rings. The number of amides is 3. The van der Waals surface area contributed by atoms with Crippen molar-refractivity contribution in [3.8, 4) is 0 Å². The topological polar surface area (TPSA) is 106 Å². The van der Waals surface area contributed by atoms with Crippen LogP contribution >= 0.6 is 0 Å². The second-order valence-electron chi connectivity index (χ2n) is 9.95. The molecule has 0 unspecified atom stereocenters. The summed E-state index contributed by atoms with van der Waals surface area (Å²) in [5.74, 6) is 0.544. The van der Waals surface area contributed by atoms with Gasteiger partial charge in [-0.3, -0.25) is 4.79 Å². The summed E-state index contributed by atoms with van der Waals surface area (Å²) in [4.78, 5) is 40.5. The number of benzene rings is 3. The van der Waals surface area contributed by atoms with Crippen LogP contribution in [0.25, 0.3) is 0 Å². The summed E-state index contributed by atoms with van der Waals surface area (Å²) in [6.07, 6.45) is 2.61. The minimum absolute atomic E-state index is 0.332. The van der Waals surface area contributed by atoms with Crippen LogP contribution in [-0.2, 0) is 11.3 Å². The van der Waals surface area contributed by atoms with E-state index >= 15 is 0 Å². The smallest absolute Gasteiger partial charge is 0.327 e. The number of piperazine rings is 1. The van der Waals surface area contributed by atoms with Gasteiger partial charge in [0.1, 0.15) is 18.0 Å². The van der Waals surface area contributed by atoms with Crippen LogP contribution in [0.5, 0.6) is 0 Å². The third kappa shape index (κ3) is 7.29. The molecule has 3 amide bonds. The number of aromatic nitrogens is 2. The largest absolute Gasteiger partial charge is 0.369 e. The van der Waals surface area contributed by atoms with Gasteiger partial charge in [0, 0.05) is 55.9 Å². The zero-order chi connectivity index (χ0) is 29.3. The van der Waals surface area contributed by atoms with Gasteiger partial charge in [-0.05, 0) is 61.2 Å². The summed E-state index contributed by atoms with van der Waals surface area (Å²) in [5.41, 5.74) is 4.05. The highest BCUT2D eigenvalue weighted by molar-refractivity contribution is 6.01. The first-order valence-corrected chi connectivity index (χ1v) is 13.8. The van der Waals surface area contributed by atoms with Crippen molar-refractivity contribution in [1.82, 2.24) is 20.2 Å². The lowest BCUT2D eigenvalue weighted by Gasteiger charge is -2.34. The Hall–Kier alpha value is -5.22. The molecule has 0 saturated carbocycles. The van der Waals surface area contributed by atoms with Crippen LogP contribution in [0.15, 0.2) is 104 Å². The zero-order valence-corrected chi connectivity index (χ0v) is 23.5. The standard InChI is InChI=1S/C32H34N8O2/c1-3-31(41)37-26-10-7-11-28(20-26)40(32(42)33-22-24-8-5-4-6-9-24)30-21-29(34-23-35-30)36-25-12-14-27(15-13-25)39-18-16-38(2)17-19-39/h3-15,20-21,23H,1,16-19,22H2,2H3,(H,33,42)(H,37,41)(H,34,35,36). The van der Waals surface area contributed by atoms with Crippen LogP contribution in [0, 0.1) is 0 Å². The lowest BCUT2D eigenvalue weighted by molar-refractivity contribution is -0.111. The maximum absolute atomic E-state index is 13.6. The average molecular weight is 563 g/mol. The third-order valence-corrected chi connectivity index (χ3v) is 6.94. The fourth-order valence-corrected chi connectivity index (χ4v) is 4.63. The van der Waals surface area contributed by atoms with E-state index in [-0.39, 0.29) is 11.9 Å². The Morgan fingerprint density at radius 3 is 2.40 bits per heavy atom. The zero-order valence-electron chi connectivity index (χ0n) is 23.5. The minimum atomic E-state index is -0.382. The Kier molecular flexibility index (Phi) is 9.05. The highest BCUT2D eigenvalue weighted by Crippen LogP contribution is 2.29. The molecule has 214 valence electrons. The molecule has 1 aliphatic rings. The molecule has 0 radical (unpaired) electrons. The second-order valence-corrected chi connectivity index (χ2v) is 9.95.